The summed E-state index contributed by atoms with van der Waals surface area (Å²) in [6.07, 6.45) is 17.1. The molecule has 1 aromatic rings. The summed E-state index contributed by atoms with van der Waals surface area (Å²) in [6.45, 7) is 20.3. The average Bonchev–Trinajstić information content (AvgIpc) is 2.93. The summed E-state index contributed by atoms with van der Waals surface area (Å²) in [6, 6.07) is 8.59. The zero-order valence-electron chi connectivity index (χ0n) is 16.0. The Morgan fingerprint density at radius 1 is 1.00 bits per heavy atom. The van der Waals surface area contributed by atoms with Crippen molar-refractivity contribution >= 4 is 5.57 Å². The van der Waals surface area contributed by atoms with Gasteiger partial charge in [-0.05, 0) is 46.8 Å². The molecule has 1 aliphatic carbocycles. The first-order chi connectivity index (χ1) is 12.7. The van der Waals surface area contributed by atoms with Gasteiger partial charge in [0.1, 0.15) is 0 Å². The van der Waals surface area contributed by atoms with E-state index in [4.69, 9.17) is 0 Å². The van der Waals surface area contributed by atoms with Crippen molar-refractivity contribution in [3.05, 3.63) is 127 Å². The highest BCUT2D eigenvalue weighted by Crippen LogP contribution is 2.58. The SMILES string of the molecule is C=C/C=C(\C=C)C1(/C(C=C)=C/C)C(=C/C=C)/C(=C\CC)c2ccccc21. The van der Waals surface area contributed by atoms with Gasteiger partial charge in [0.05, 0.1) is 5.41 Å². The molecule has 2 rings (SSSR count). The highest BCUT2D eigenvalue weighted by molar-refractivity contribution is 5.95. The zero-order chi connectivity index (χ0) is 19.2. The standard InChI is InChI=1S/C26H28/c1-7-15-21(12-6)26(20(10-4)11-5)24(17-9-3)22(16-8-2)23-18-13-14-19-25(23)26/h7,9-19H,1,3-4,6,8H2,2,5H3/b20-11+,21-15+,22-16-,24-17+. The Hall–Kier alpha value is -2.86. The second-order valence-electron chi connectivity index (χ2n) is 6.15. The molecule has 0 aliphatic heterocycles. The van der Waals surface area contributed by atoms with E-state index in [0.717, 1.165) is 17.6 Å². The summed E-state index contributed by atoms with van der Waals surface area (Å²) in [5.41, 5.74) is 6.70. The lowest BCUT2D eigenvalue weighted by atomic mass is 9.66. The van der Waals surface area contributed by atoms with Crippen molar-refractivity contribution in [2.75, 3.05) is 0 Å². The van der Waals surface area contributed by atoms with E-state index >= 15 is 0 Å². The molecule has 0 bridgehead atoms. The average molecular weight is 341 g/mol. The largest absolute Gasteiger partial charge is 0.0991 e. The van der Waals surface area contributed by atoms with Crippen LogP contribution < -0.4 is 0 Å². The van der Waals surface area contributed by atoms with E-state index in [9.17, 15) is 0 Å². The third-order valence-electron chi connectivity index (χ3n) is 4.92. The fraction of sp³-hybridized carbons (Fsp3) is 0.154. The number of fused-ring (bicyclic) bond motifs is 1. The van der Waals surface area contributed by atoms with Crippen LogP contribution in [0.4, 0.5) is 0 Å². The summed E-state index contributed by atoms with van der Waals surface area (Å²) in [5, 5.41) is 0. The number of hydrogen-bond acceptors (Lipinski definition) is 0. The van der Waals surface area contributed by atoms with Gasteiger partial charge in [0, 0.05) is 0 Å². The van der Waals surface area contributed by atoms with Gasteiger partial charge < -0.3 is 0 Å². The molecule has 1 unspecified atom stereocenters. The van der Waals surface area contributed by atoms with Gasteiger partial charge in [-0.15, -0.1) is 0 Å². The number of hydrogen-bond donors (Lipinski definition) is 0. The Balaban J connectivity index is 3.12. The first-order valence-electron chi connectivity index (χ1n) is 9.05. The van der Waals surface area contributed by atoms with Gasteiger partial charge in [-0.3, -0.25) is 0 Å². The van der Waals surface area contributed by atoms with Gasteiger partial charge in [0.2, 0.25) is 0 Å². The molecule has 0 heteroatoms. The van der Waals surface area contributed by atoms with Crippen LogP contribution in [0.25, 0.3) is 5.57 Å². The van der Waals surface area contributed by atoms with Crippen LogP contribution in [0.2, 0.25) is 0 Å². The quantitative estimate of drug-likeness (QED) is 0.458. The molecule has 0 radical (unpaired) electrons. The minimum absolute atomic E-state index is 0.460. The minimum atomic E-state index is -0.460. The molecule has 26 heavy (non-hydrogen) atoms. The molecule has 0 spiro atoms. The van der Waals surface area contributed by atoms with E-state index in [1.54, 1.807) is 0 Å². The van der Waals surface area contributed by atoms with Crippen molar-refractivity contribution in [3.8, 4) is 0 Å². The van der Waals surface area contributed by atoms with Crippen LogP contribution in [0.1, 0.15) is 31.4 Å². The van der Waals surface area contributed by atoms with Gasteiger partial charge >= 0.3 is 0 Å². The van der Waals surface area contributed by atoms with Crippen LogP contribution in [0, 0.1) is 0 Å². The molecule has 132 valence electrons. The van der Waals surface area contributed by atoms with Crippen molar-refractivity contribution in [2.24, 2.45) is 0 Å². The Labute approximate surface area is 158 Å². The molecule has 1 aliphatic rings. The Morgan fingerprint density at radius 3 is 2.23 bits per heavy atom. The summed E-state index contributed by atoms with van der Waals surface area (Å²) in [5.74, 6) is 0. The van der Waals surface area contributed by atoms with Crippen LogP contribution in [0.5, 0.6) is 0 Å². The second-order valence-corrected chi connectivity index (χ2v) is 6.15. The molecular formula is C26H28. The summed E-state index contributed by atoms with van der Waals surface area (Å²) in [4.78, 5) is 0. The van der Waals surface area contributed by atoms with E-state index in [0.29, 0.717) is 0 Å². The zero-order valence-corrected chi connectivity index (χ0v) is 16.0. The second kappa shape index (κ2) is 8.49. The summed E-state index contributed by atoms with van der Waals surface area (Å²) < 4.78 is 0. The Morgan fingerprint density at radius 2 is 1.69 bits per heavy atom. The third kappa shape index (κ3) is 2.82. The van der Waals surface area contributed by atoms with Crippen molar-refractivity contribution in [2.45, 2.75) is 25.7 Å². The lowest BCUT2D eigenvalue weighted by Crippen LogP contribution is -2.29. The Bertz CT molecular complexity index is 852. The van der Waals surface area contributed by atoms with Crippen LogP contribution in [0.3, 0.4) is 0 Å². The topological polar surface area (TPSA) is 0 Å². The molecular weight excluding hydrogens is 312 g/mol. The first kappa shape index (κ1) is 19.5. The molecule has 1 aromatic carbocycles. The van der Waals surface area contributed by atoms with Crippen LogP contribution in [0.15, 0.2) is 116 Å². The van der Waals surface area contributed by atoms with Crippen LogP contribution in [-0.2, 0) is 5.41 Å². The van der Waals surface area contributed by atoms with Gasteiger partial charge in [-0.1, -0.05) is 106 Å². The molecule has 1 atom stereocenters. The minimum Gasteiger partial charge on any atom is -0.0991 e. The van der Waals surface area contributed by atoms with E-state index in [-0.39, 0.29) is 0 Å². The number of benzene rings is 1. The first-order valence-corrected chi connectivity index (χ1v) is 9.05. The lowest BCUT2D eigenvalue weighted by Gasteiger charge is -2.35. The summed E-state index contributed by atoms with van der Waals surface area (Å²) >= 11 is 0. The molecule has 0 fully saturated rings. The predicted octanol–water partition coefficient (Wildman–Crippen LogP) is 7.27. The van der Waals surface area contributed by atoms with E-state index in [2.05, 4.69) is 82.7 Å². The molecule has 0 N–H and O–H groups in total. The maximum absolute atomic E-state index is 4.11. The normalized spacial score (nSPS) is 23.0. The van der Waals surface area contributed by atoms with Gasteiger partial charge in [-0.25, -0.2) is 0 Å². The maximum atomic E-state index is 4.11. The van der Waals surface area contributed by atoms with Crippen LogP contribution in [-0.4, -0.2) is 0 Å². The lowest BCUT2D eigenvalue weighted by molar-refractivity contribution is 0.765. The fourth-order valence-electron chi connectivity index (χ4n) is 4.04. The van der Waals surface area contributed by atoms with Crippen LogP contribution >= 0.6 is 0 Å². The van der Waals surface area contributed by atoms with Crippen molar-refractivity contribution in [1.29, 1.82) is 0 Å². The highest BCUT2D eigenvalue weighted by Gasteiger charge is 2.48. The fourth-order valence-corrected chi connectivity index (χ4v) is 4.04. The maximum Gasteiger partial charge on any atom is 0.0709 e. The third-order valence-corrected chi connectivity index (χ3v) is 4.92. The van der Waals surface area contributed by atoms with Gasteiger partial charge in [0.15, 0.2) is 0 Å². The molecule has 0 saturated heterocycles. The van der Waals surface area contributed by atoms with Gasteiger partial charge in [-0.2, -0.15) is 0 Å². The molecule has 0 heterocycles. The van der Waals surface area contributed by atoms with E-state index in [1.807, 2.05) is 30.4 Å². The smallest absolute Gasteiger partial charge is 0.0709 e. The van der Waals surface area contributed by atoms with Crippen molar-refractivity contribution < 1.29 is 0 Å². The number of allylic oxidation sites excluding steroid dienone is 12. The monoisotopic (exact) mass is 340 g/mol. The Kier molecular flexibility index (Phi) is 6.36. The molecule has 0 amide bonds. The highest BCUT2D eigenvalue weighted by atomic mass is 14.5. The predicted molar refractivity (Wildman–Crippen MR) is 117 cm³/mol. The molecule has 0 saturated carbocycles. The molecule has 0 aromatic heterocycles. The summed E-state index contributed by atoms with van der Waals surface area (Å²) in [7, 11) is 0. The molecule has 0 nitrogen and oxygen atoms in total. The van der Waals surface area contributed by atoms with E-state index < -0.39 is 5.41 Å². The van der Waals surface area contributed by atoms with E-state index in [1.165, 1.54) is 22.3 Å². The van der Waals surface area contributed by atoms with Crippen molar-refractivity contribution in [1.82, 2.24) is 0 Å². The number of rotatable bonds is 7. The van der Waals surface area contributed by atoms with Gasteiger partial charge in [0.25, 0.3) is 0 Å². The van der Waals surface area contributed by atoms with Crippen molar-refractivity contribution in [3.63, 3.8) is 0 Å².